The predicted octanol–water partition coefficient (Wildman–Crippen LogP) is 5.18. The summed E-state index contributed by atoms with van der Waals surface area (Å²) in [6.45, 7) is 3.27. The van der Waals surface area contributed by atoms with Crippen molar-refractivity contribution in [3.63, 3.8) is 0 Å². The molecular weight excluding hydrogens is 606 g/mol. The maximum absolute atomic E-state index is 13.6. The van der Waals surface area contributed by atoms with Crippen molar-refractivity contribution >= 4 is 17.8 Å². The Hall–Kier alpha value is -4.77. The molecule has 0 spiro atoms. The first-order chi connectivity index (χ1) is 22.8. The number of benzene rings is 3. The summed E-state index contributed by atoms with van der Waals surface area (Å²) >= 11 is 0. The molecule has 2 fully saturated rings. The molecule has 0 bridgehead atoms. The number of rotatable bonds is 13. The van der Waals surface area contributed by atoms with Gasteiger partial charge in [-0.05, 0) is 90.3 Å². The fourth-order valence-corrected chi connectivity index (χ4v) is 6.24. The lowest BCUT2D eigenvalue weighted by Crippen LogP contribution is -2.40. The van der Waals surface area contributed by atoms with E-state index < -0.39 is 11.9 Å². The standard InChI is InChI=1S/C36H39NO10/c38-34(39)5-2-12-44-31-4-1-3-29(30(31)7-9-35(40)41)25-19-28(20-25)47-27-18-24(23-6-8-32-33(22-23)46-16-15-45-32)17-26(21-27)36(42)37-10-13-43-14-11-37/h1,3-4,6,8,17-18,21-22,25,28H,2,5,7,9-16,19-20H2,(H,38,39)(H,40,41). The number of nitrogens with zero attached hydrogens (tertiary/aromatic N) is 1. The van der Waals surface area contributed by atoms with Gasteiger partial charge in [0.1, 0.15) is 24.7 Å². The zero-order valence-electron chi connectivity index (χ0n) is 26.2. The van der Waals surface area contributed by atoms with E-state index in [0.29, 0.717) is 93.8 Å². The molecule has 3 aromatic carbocycles. The van der Waals surface area contributed by atoms with Crippen LogP contribution in [0.2, 0.25) is 0 Å². The molecule has 47 heavy (non-hydrogen) atoms. The number of morpholine rings is 1. The van der Waals surface area contributed by atoms with Crippen LogP contribution in [0.15, 0.2) is 54.6 Å². The fraction of sp³-hybridized carbons (Fsp3) is 0.417. The van der Waals surface area contributed by atoms with Crippen LogP contribution in [-0.4, -0.2) is 85.2 Å². The molecule has 2 aliphatic heterocycles. The molecule has 0 aromatic heterocycles. The maximum Gasteiger partial charge on any atom is 0.303 e. The van der Waals surface area contributed by atoms with Crippen LogP contribution in [0.3, 0.4) is 0 Å². The van der Waals surface area contributed by atoms with Crippen LogP contribution in [0, 0.1) is 0 Å². The van der Waals surface area contributed by atoms with Crippen molar-refractivity contribution in [1.29, 1.82) is 0 Å². The number of fused-ring (bicyclic) bond motifs is 1. The molecule has 1 aliphatic carbocycles. The third kappa shape index (κ3) is 7.97. The highest BCUT2D eigenvalue weighted by molar-refractivity contribution is 5.96. The molecule has 11 nitrogen and oxygen atoms in total. The smallest absolute Gasteiger partial charge is 0.303 e. The van der Waals surface area contributed by atoms with Crippen molar-refractivity contribution < 1.29 is 48.3 Å². The Morgan fingerprint density at radius 2 is 1.60 bits per heavy atom. The van der Waals surface area contributed by atoms with Gasteiger partial charge < -0.3 is 38.8 Å². The Morgan fingerprint density at radius 1 is 0.830 bits per heavy atom. The molecule has 2 N–H and O–H groups in total. The minimum atomic E-state index is -0.897. The Labute approximate surface area is 272 Å². The number of aliphatic carboxylic acids is 2. The van der Waals surface area contributed by atoms with Gasteiger partial charge in [0.25, 0.3) is 5.91 Å². The average Bonchev–Trinajstić information content (AvgIpc) is 3.07. The largest absolute Gasteiger partial charge is 0.493 e. The summed E-state index contributed by atoms with van der Waals surface area (Å²) in [6.07, 6.45) is 1.95. The van der Waals surface area contributed by atoms with Crippen molar-refractivity contribution in [2.75, 3.05) is 46.1 Å². The highest BCUT2D eigenvalue weighted by Crippen LogP contribution is 2.44. The van der Waals surface area contributed by atoms with Gasteiger partial charge in [-0.1, -0.05) is 18.2 Å². The molecule has 0 atom stereocenters. The number of carbonyl (C=O) groups excluding carboxylic acids is 1. The van der Waals surface area contributed by atoms with Crippen LogP contribution in [0.25, 0.3) is 11.1 Å². The second kappa shape index (κ2) is 14.8. The van der Waals surface area contributed by atoms with Crippen LogP contribution >= 0.6 is 0 Å². The molecule has 2 heterocycles. The molecule has 3 aromatic rings. The number of hydrogen-bond donors (Lipinski definition) is 2. The van der Waals surface area contributed by atoms with Crippen LogP contribution in [0.5, 0.6) is 23.0 Å². The molecule has 248 valence electrons. The summed E-state index contributed by atoms with van der Waals surface area (Å²) in [5.41, 5.74) is 4.11. The molecule has 1 amide bonds. The summed E-state index contributed by atoms with van der Waals surface area (Å²) in [5, 5.41) is 18.3. The van der Waals surface area contributed by atoms with E-state index in [1.807, 2.05) is 48.5 Å². The quantitative estimate of drug-likeness (QED) is 0.239. The van der Waals surface area contributed by atoms with E-state index in [-0.39, 0.29) is 37.4 Å². The van der Waals surface area contributed by atoms with E-state index in [1.165, 1.54) is 0 Å². The van der Waals surface area contributed by atoms with Crippen LogP contribution < -0.4 is 18.9 Å². The van der Waals surface area contributed by atoms with E-state index in [2.05, 4.69) is 0 Å². The molecule has 0 unspecified atom stereocenters. The summed E-state index contributed by atoms with van der Waals surface area (Å²) in [5.74, 6) is 0.824. The van der Waals surface area contributed by atoms with Gasteiger partial charge in [0.2, 0.25) is 0 Å². The van der Waals surface area contributed by atoms with Crippen LogP contribution in [-0.2, 0) is 20.7 Å². The molecule has 1 saturated carbocycles. The van der Waals surface area contributed by atoms with Gasteiger partial charge in [-0.2, -0.15) is 0 Å². The zero-order valence-corrected chi connectivity index (χ0v) is 26.2. The van der Waals surface area contributed by atoms with Crippen molar-refractivity contribution in [2.45, 2.75) is 50.5 Å². The van der Waals surface area contributed by atoms with E-state index in [1.54, 1.807) is 11.0 Å². The number of carbonyl (C=O) groups is 3. The highest BCUT2D eigenvalue weighted by Gasteiger charge is 2.34. The van der Waals surface area contributed by atoms with Gasteiger partial charge in [0, 0.05) is 31.5 Å². The van der Waals surface area contributed by atoms with E-state index in [9.17, 15) is 19.5 Å². The number of ether oxygens (including phenoxy) is 5. The summed E-state index contributed by atoms with van der Waals surface area (Å²) in [6, 6.07) is 17.1. The SMILES string of the molecule is O=C(O)CCCOc1cccc(C2CC(Oc3cc(C(=O)N4CCOCC4)cc(-c4ccc5c(c4)OCCO5)c3)C2)c1CCC(=O)O. The van der Waals surface area contributed by atoms with E-state index in [0.717, 1.165) is 22.3 Å². The van der Waals surface area contributed by atoms with Crippen LogP contribution in [0.4, 0.5) is 0 Å². The van der Waals surface area contributed by atoms with Gasteiger partial charge in [0.05, 0.1) is 25.9 Å². The first-order valence-electron chi connectivity index (χ1n) is 16.1. The molecular formula is C36H39NO10. The van der Waals surface area contributed by atoms with Crippen molar-refractivity contribution in [3.05, 3.63) is 71.3 Å². The molecule has 6 rings (SSSR count). The second-order valence-electron chi connectivity index (χ2n) is 12.0. The van der Waals surface area contributed by atoms with Crippen LogP contribution in [0.1, 0.15) is 59.5 Å². The lowest BCUT2D eigenvalue weighted by molar-refractivity contribution is -0.138. The van der Waals surface area contributed by atoms with Gasteiger partial charge in [-0.15, -0.1) is 0 Å². The molecule has 11 heteroatoms. The average molecular weight is 646 g/mol. The van der Waals surface area contributed by atoms with Crippen molar-refractivity contribution in [1.82, 2.24) is 4.90 Å². The summed E-state index contributed by atoms with van der Waals surface area (Å²) in [4.78, 5) is 37.7. The predicted molar refractivity (Wildman–Crippen MR) is 171 cm³/mol. The minimum Gasteiger partial charge on any atom is -0.493 e. The number of amides is 1. The molecule has 0 radical (unpaired) electrons. The number of carboxylic acid groups (broad SMARTS) is 2. The van der Waals surface area contributed by atoms with E-state index >= 15 is 0 Å². The summed E-state index contributed by atoms with van der Waals surface area (Å²) in [7, 11) is 0. The Kier molecular flexibility index (Phi) is 10.1. The molecule has 3 aliphatic rings. The third-order valence-corrected chi connectivity index (χ3v) is 8.72. The second-order valence-corrected chi connectivity index (χ2v) is 12.0. The fourth-order valence-electron chi connectivity index (χ4n) is 6.24. The summed E-state index contributed by atoms with van der Waals surface area (Å²) < 4.78 is 29.4. The lowest BCUT2D eigenvalue weighted by Gasteiger charge is -2.37. The van der Waals surface area contributed by atoms with Gasteiger partial charge in [-0.25, -0.2) is 0 Å². The molecule has 1 saturated heterocycles. The third-order valence-electron chi connectivity index (χ3n) is 8.72. The van der Waals surface area contributed by atoms with Crippen molar-refractivity contribution in [2.24, 2.45) is 0 Å². The van der Waals surface area contributed by atoms with E-state index in [4.69, 9.17) is 28.8 Å². The van der Waals surface area contributed by atoms with Gasteiger partial charge in [-0.3, -0.25) is 14.4 Å². The first-order valence-corrected chi connectivity index (χ1v) is 16.1. The number of carboxylic acids is 2. The Balaban J connectivity index is 1.20. The lowest BCUT2D eigenvalue weighted by atomic mass is 9.75. The van der Waals surface area contributed by atoms with Crippen molar-refractivity contribution in [3.8, 4) is 34.1 Å². The monoisotopic (exact) mass is 645 g/mol. The maximum atomic E-state index is 13.6. The topological polar surface area (TPSA) is 141 Å². The minimum absolute atomic E-state index is 0.00141. The Morgan fingerprint density at radius 3 is 2.36 bits per heavy atom. The highest BCUT2D eigenvalue weighted by atomic mass is 16.6. The zero-order chi connectivity index (χ0) is 32.8. The Bertz CT molecular complexity index is 1610. The first kappa shape index (κ1) is 32.2. The normalized spacial score (nSPS) is 18.6. The van der Waals surface area contributed by atoms with Gasteiger partial charge in [0.15, 0.2) is 11.5 Å². The van der Waals surface area contributed by atoms with Gasteiger partial charge >= 0.3 is 11.9 Å². The number of hydrogen-bond acceptors (Lipinski definition) is 8.